The molecular formula is C16H19N3O2S. The normalized spacial score (nSPS) is 11.5. The molecule has 2 rings (SSSR count). The van der Waals surface area contributed by atoms with Gasteiger partial charge in [0.15, 0.2) is 0 Å². The van der Waals surface area contributed by atoms with Gasteiger partial charge in [0.1, 0.15) is 0 Å². The SMILES string of the molecule is CCN(CC)S(=O)(=O)c1ccc(-c2ccc(CC#N)[nH]2)cc1. The number of aromatic amines is 1. The van der Waals surface area contributed by atoms with Gasteiger partial charge in [0.2, 0.25) is 10.0 Å². The molecule has 116 valence electrons. The number of H-pyrrole nitrogens is 1. The molecule has 0 aliphatic carbocycles. The Labute approximate surface area is 131 Å². The van der Waals surface area contributed by atoms with E-state index in [1.807, 2.05) is 26.0 Å². The predicted molar refractivity (Wildman–Crippen MR) is 85.7 cm³/mol. The van der Waals surface area contributed by atoms with Crippen LogP contribution in [0.3, 0.4) is 0 Å². The van der Waals surface area contributed by atoms with Gasteiger partial charge >= 0.3 is 0 Å². The van der Waals surface area contributed by atoms with Crippen molar-refractivity contribution in [1.82, 2.24) is 9.29 Å². The summed E-state index contributed by atoms with van der Waals surface area (Å²) in [5.74, 6) is 0. The summed E-state index contributed by atoms with van der Waals surface area (Å²) in [7, 11) is -3.42. The van der Waals surface area contributed by atoms with E-state index in [4.69, 9.17) is 5.26 Å². The molecule has 6 heteroatoms. The second kappa shape index (κ2) is 6.77. The minimum atomic E-state index is -3.42. The van der Waals surface area contributed by atoms with Gasteiger partial charge in [0.05, 0.1) is 17.4 Å². The Hall–Kier alpha value is -2.10. The van der Waals surface area contributed by atoms with Crippen LogP contribution in [0.15, 0.2) is 41.3 Å². The quantitative estimate of drug-likeness (QED) is 0.890. The van der Waals surface area contributed by atoms with Gasteiger partial charge in [0, 0.05) is 24.5 Å². The molecule has 0 bridgehead atoms. The van der Waals surface area contributed by atoms with Gasteiger partial charge in [-0.3, -0.25) is 0 Å². The van der Waals surface area contributed by atoms with Crippen LogP contribution in [0.1, 0.15) is 19.5 Å². The van der Waals surface area contributed by atoms with Crippen molar-refractivity contribution < 1.29 is 8.42 Å². The standard InChI is InChI=1S/C16H19N3O2S/c1-3-19(4-2)22(20,21)15-8-5-13(6-9-15)16-10-7-14(18-16)11-12-17/h5-10,18H,3-4,11H2,1-2H3. The molecule has 0 saturated heterocycles. The molecule has 5 nitrogen and oxygen atoms in total. The van der Waals surface area contributed by atoms with Crippen LogP contribution < -0.4 is 0 Å². The number of rotatable bonds is 6. The fourth-order valence-corrected chi connectivity index (χ4v) is 3.77. The molecule has 2 aromatic rings. The molecule has 0 atom stereocenters. The summed E-state index contributed by atoms with van der Waals surface area (Å²) in [6.07, 6.45) is 0.328. The maximum Gasteiger partial charge on any atom is 0.243 e. The minimum Gasteiger partial charge on any atom is -0.358 e. The molecule has 1 N–H and O–H groups in total. The lowest BCUT2D eigenvalue weighted by Gasteiger charge is -2.18. The highest BCUT2D eigenvalue weighted by molar-refractivity contribution is 7.89. The van der Waals surface area contributed by atoms with Crippen molar-refractivity contribution in [3.63, 3.8) is 0 Å². The van der Waals surface area contributed by atoms with E-state index in [-0.39, 0.29) is 0 Å². The highest BCUT2D eigenvalue weighted by Gasteiger charge is 2.21. The third-order valence-electron chi connectivity index (χ3n) is 3.52. The van der Waals surface area contributed by atoms with Gasteiger partial charge in [-0.1, -0.05) is 26.0 Å². The van der Waals surface area contributed by atoms with Crippen LogP contribution >= 0.6 is 0 Å². The van der Waals surface area contributed by atoms with Gasteiger partial charge in [0.25, 0.3) is 0 Å². The van der Waals surface area contributed by atoms with E-state index in [2.05, 4.69) is 11.1 Å². The predicted octanol–water partition coefficient (Wildman–Crippen LogP) is 2.78. The summed E-state index contributed by atoms with van der Waals surface area (Å²) in [4.78, 5) is 3.45. The summed E-state index contributed by atoms with van der Waals surface area (Å²) < 4.78 is 26.3. The van der Waals surface area contributed by atoms with Crippen molar-refractivity contribution in [3.8, 4) is 17.3 Å². The smallest absolute Gasteiger partial charge is 0.243 e. The molecule has 0 unspecified atom stereocenters. The van der Waals surface area contributed by atoms with Gasteiger partial charge in [-0.15, -0.1) is 0 Å². The van der Waals surface area contributed by atoms with Crippen LogP contribution in [0.2, 0.25) is 0 Å². The van der Waals surface area contributed by atoms with Gasteiger partial charge in [-0.2, -0.15) is 9.57 Å². The maximum absolute atomic E-state index is 12.4. The summed E-state index contributed by atoms with van der Waals surface area (Å²) >= 11 is 0. The van der Waals surface area contributed by atoms with Crippen LogP contribution in [0.5, 0.6) is 0 Å². The molecule has 0 saturated carbocycles. The van der Waals surface area contributed by atoms with Crippen molar-refractivity contribution in [2.45, 2.75) is 25.2 Å². The average Bonchev–Trinajstić information content (AvgIpc) is 2.97. The Morgan fingerprint density at radius 2 is 1.73 bits per heavy atom. The van der Waals surface area contributed by atoms with E-state index >= 15 is 0 Å². The third-order valence-corrected chi connectivity index (χ3v) is 5.59. The Balaban J connectivity index is 2.28. The summed E-state index contributed by atoms with van der Waals surface area (Å²) in [6.45, 7) is 4.56. The van der Waals surface area contributed by atoms with Crippen LogP contribution in [-0.2, 0) is 16.4 Å². The van der Waals surface area contributed by atoms with Gasteiger partial charge in [-0.25, -0.2) is 8.42 Å². The zero-order valence-corrected chi connectivity index (χ0v) is 13.5. The van der Waals surface area contributed by atoms with Crippen LogP contribution in [-0.4, -0.2) is 30.8 Å². The molecule has 0 aliphatic heterocycles. The lowest BCUT2D eigenvalue weighted by Crippen LogP contribution is -2.30. The first-order chi connectivity index (χ1) is 10.5. The monoisotopic (exact) mass is 317 g/mol. The minimum absolute atomic E-state index is 0.295. The van der Waals surface area contributed by atoms with Crippen LogP contribution in [0.4, 0.5) is 0 Å². The lowest BCUT2D eigenvalue weighted by molar-refractivity contribution is 0.445. The van der Waals surface area contributed by atoms with Crippen molar-refractivity contribution >= 4 is 10.0 Å². The number of hydrogen-bond donors (Lipinski definition) is 1. The Kier molecular flexibility index (Phi) is 5.01. The van der Waals surface area contributed by atoms with E-state index in [1.54, 1.807) is 24.3 Å². The van der Waals surface area contributed by atoms with E-state index in [9.17, 15) is 8.42 Å². The van der Waals surface area contributed by atoms with Crippen molar-refractivity contribution in [1.29, 1.82) is 5.26 Å². The number of benzene rings is 1. The topological polar surface area (TPSA) is 77.0 Å². The zero-order valence-electron chi connectivity index (χ0n) is 12.7. The largest absolute Gasteiger partial charge is 0.358 e. The molecule has 0 fully saturated rings. The molecule has 22 heavy (non-hydrogen) atoms. The molecule has 0 amide bonds. The highest BCUT2D eigenvalue weighted by Crippen LogP contribution is 2.22. The average molecular weight is 317 g/mol. The highest BCUT2D eigenvalue weighted by atomic mass is 32.2. The molecule has 0 spiro atoms. The summed E-state index contributed by atoms with van der Waals surface area (Å²) in [6, 6.07) is 12.6. The number of hydrogen-bond acceptors (Lipinski definition) is 3. The molecule has 0 aliphatic rings. The molecular weight excluding hydrogens is 298 g/mol. The lowest BCUT2D eigenvalue weighted by atomic mass is 10.2. The van der Waals surface area contributed by atoms with Gasteiger partial charge < -0.3 is 4.98 Å². The fraction of sp³-hybridized carbons (Fsp3) is 0.312. The number of nitriles is 1. The van der Waals surface area contributed by atoms with Gasteiger partial charge in [-0.05, 0) is 29.8 Å². The Morgan fingerprint density at radius 1 is 1.09 bits per heavy atom. The van der Waals surface area contributed by atoms with E-state index in [0.717, 1.165) is 17.0 Å². The van der Waals surface area contributed by atoms with E-state index in [1.165, 1.54) is 4.31 Å². The number of nitrogens with one attached hydrogen (secondary N) is 1. The zero-order chi connectivity index (χ0) is 16.2. The first-order valence-corrected chi connectivity index (χ1v) is 8.62. The third kappa shape index (κ3) is 3.21. The summed E-state index contributed by atoms with van der Waals surface area (Å²) in [5.41, 5.74) is 2.61. The maximum atomic E-state index is 12.4. The first-order valence-electron chi connectivity index (χ1n) is 7.18. The second-order valence-corrected chi connectivity index (χ2v) is 6.78. The number of nitrogens with zero attached hydrogens (tertiary/aromatic N) is 2. The molecule has 1 aromatic carbocycles. The molecule has 0 radical (unpaired) electrons. The Morgan fingerprint density at radius 3 is 2.27 bits per heavy atom. The van der Waals surface area contributed by atoms with Crippen LogP contribution in [0, 0.1) is 11.3 Å². The first kappa shape index (κ1) is 16.3. The summed E-state index contributed by atoms with van der Waals surface area (Å²) in [5, 5.41) is 8.68. The van der Waals surface area contributed by atoms with Crippen molar-refractivity contribution in [2.24, 2.45) is 0 Å². The van der Waals surface area contributed by atoms with Crippen molar-refractivity contribution in [3.05, 3.63) is 42.1 Å². The van der Waals surface area contributed by atoms with Crippen LogP contribution in [0.25, 0.3) is 11.3 Å². The second-order valence-electron chi connectivity index (χ2n) is 4.85. The number of sulfonamides is 1. The van der Waals surface area contributed by atoms with E-state index < -0.39 is 10.0 Å². The van der Waals surface area contributed by atoms with E-state index in [0.29, 0.717) is 24.4 Å². The fourth-order valence-electron chi connectivity index (χ4n) is 2.32. The number of aromatic nitrogens is 1. The van der Waals surface area contributed by atoms with Crippen molar-refractivity contribution in [2.75, 3.05) is 13.1 Å². The molecule has 1 heterocycles. The molecule has 1 aromatic heterocycles. The Bertz CT molecular complexity index is 766.